The third kappa shape index (κ3) is 2.70. The van der Waals surface area contributed by atoms with Crippen molar-refractivity contribution in [1.29, 1.82) is 0 Å². The average molecular weight is 166 g/mol. The van der Waals surface area contributed by atoms with Crippen LogP contribution >= 0.6 is 0 Å². The molecular weight excluding hydrogens is 155 g/mol. The smallest absolute Gasteiger partial charge is 0.157 e. The van der Waals surface area contributed by atoms with Crippen LogP contribution in [0.2, 0.25) is 0 Å². The van der Waals surface area contributed by atoms with Gasteiger partial charge in [-0.2, -0.15) is 4.94 Å². The molecule has 0 radical (unpaired) electrons. The molecule has 1 rings (SSSR count). The van der Waals surface area contributed by atoms with Crippen LogP contribution in [0.25, 0.3) is 0 Å². The Labute approximate surface area is 63.4 Å². The second-order valence-electron chi connectivity index (χ2n) is 2.61. The van der Waals surface area contributed by atoms with Crippen LogP contribution in [0.5, 0.6) is 0 Å². The molecule has 4 nitrogen and oxygen atoms in total. The van der Waals surface area contributed by atoms with Gasteiger partial charge in [0.2, 0.25) is 0 Å². The highest BCUT2D eigenvalue weighted by Gasteiger charge is 2.27. The first kappa shape index (κ1) is 8.86. The van der Waals surface area contributed by atoms with Crippen LogP contribution in [0, 0.1) is 0 Å². The minimum atomic E-state index is -1.00. The lowest BCUT2D eigenvalue weighted by Crippen LogP contribution is -2.37. The van der Waals surface area contributed by atoms with E-state index in [2.05, 4.69) is 4.94 Å². The Hall–Kier alpha value is -0.230. The molecule has 1 saturated heterocycles. The molecule has 0 bridgehead atoms. The molecule has 2 N–H and O–H groups in total. The summed E-state index contributed by atoms with van der Waals surface area (Å²) in [4.78, 5) is 3.33. The third-order valence-corrected chi connectivity index (χ3v) is 1.61. The van der Waals surface area contributed by atoms with Crippen molar-refractivity contribution in [2.45, 2.75) is 31.3 Å². The van der Waals surface area contributed by atoms with E-state index in [1.165, 1.54) is 0 Å². The molecule has 5 heteroatoms. The Morgan fingerprint density at radius 1 is 1.45 bits per heavy atom. The molecule has 1 fully saturated rings. The van der Waals surface area contributed by atoms with Crippen molar-refractivity contribution in [2.75, 3.05) is 6.61 Å². The minimum absolute atomic E-state index is 0.183. The van der Waals surface area contributed by atoms with Gasteiger partial charge in [0.1, 0.15) is 6.61 Å². The summed E-state index contributed by atoms with van der Waals surface area (Å²) >= 11 is 0. The van der Waals surface area contributed by atoms with E-state index in [4.69, 9.17) is 14.9 Å². The van der Waals surface area contributed by atoms with Crippen molar-refractivity contribution in [1.82, 2.24) is 0 Å². The predicted octanol–water partition coefficient (Wildman–Crippen LogP) is -0.254. The van der Waals surface area contributed by atoms with Crippen LogP contribution < -0.4 is 0 Å². The van der Waals surface area contributed by atoms with Crippen LogP contribution in [-0.4, -0.2) is 35.3 Å². The number of rotatable bonds is 2. The normalized spacial score (nSPS) is 39.0. The van der Waals surface area contributed by atoms with E-state index in [1.54, 1.807) is 0 Å². The van der Waals surface area contributed by atoms with E-state index in [-0.39, 0.29) is 13.0 Å². The fourth-order valence-electron chi connectivity index (χ4n) is 1.14. The molecular formula is C6H11FO4. The van der Waals surface area contributed by atoms with Crippen LogP contribution in [0.1, 0.15) is 12.8 Å². The maximum Gasteiger partial charge on any atom is 0.157 e. The first-order valence-electron chi connectivity index (χ1n) is 3.47. The van der Waals surface area contributed by atoms with Gasteiger partial charge in [-0.05, 0) is 4.53 Å². The third-order valence-electron chi connectivity index (χ3n) is 1.61. The lowest BCUT2D eigenvalue weighted by molar-refractivity contribution is -0.233. The highest BCUT2D eigenvalue weighted by Crippen LogP contribution is 2.18. The van der Waals surface area contributed by atoms with Crippen molar-refractivity contribution in [3.63, 3.8) is 0 Å². The van der Waals surface area contributed by atoms with E-state index >= 15 is 0 Å². The molecule has 1 heterocycles. The topological polar surface area (TPSA) is 58.9 Å². The molecule has 0 aromatic rings. The van der Waals surface area contributed by atoms with Crippen molar-refractivity contribution < 1.29 is 24.4 Å². The zero-order chi connectivity index (χ0) is 8.27. The quantitative estimate of drug-likeness (QED) is 0.593. The Morgan fingerprint density at radius 3 is 2.73 bits per heavy atom. The van der Waals surface area contributed by atoms with Gasteiger partial charge < -0.3 is 14.9 Å². The van der Waals surface area contributed by atoms with Crippen molar-refractivity contribution in [2.24, 2.45) is 0 Å². The molecule has 1 aliphatic heterocycles. The standard InChI is InChI=1S/C6H11FO4/c7-10-3-5-1-4(8)2-6(9)11-5/h4-6,8-9H,1-3H2/t4-,5-,6+/m0/s1. The summed E-state index contributed by atoms with van der Waals surface area (Å²) in [5, 5.41) is 18.0. The molecule has 0 saturated carbocycles. The van der Waals surface area contributed by atoms with Gasteiger partial charge in [0.25, 0.3) is 0 Å². The van der Waals surface area contributed by atoms with Gasteiger partial charge in [-0.1, -0.05) is 0 Å². The number of hydrogen-bond acceptors (Lipinski definition) is 4. The molecule has 11 heavy (non-hydrogen) atoms. The van der Waals surface area contributed by atoms with Crippen LogP contribution in [0.15, 0.2) is 0 Å². The molecule has 0 spiro atoms. The van der Waals surface area contributed by atoms with Crippen LogP contribution in [0.3, 0.4) is 0 Å². The number of aliphatic hydroxyl groups excluding tert-OH is 2. The second-order valence-corrected chi connectivity index (χ2v) is 2.61. The SMILES string of the molecule is O[C@H]1C[C@@H](COF)O[C@@H](O)C1. The van der Waals surface area contributed by atoms with Crippen molar-refractivity contribution in [3.05, 3.63) is 0 Å². The number of ether oxygens (including phenoxy) is 1. The maximum atomic E-state index is 11.3. The summed E-state index contributed by atoms with van der Waals surface area (Å²) in [5.74, 6) is 0. The Kier molecular flexibility index (Phi) is 3.19. The van der Waals surface area contributed by atoms with Crippen LogP contribution in [0.4, 0.5) is 4.53 Å². The van der Waals surface area contributed by atoms with Crippen molar-refractivity contribution in [3.8, 4) is 0 Å². The van der Waals surface area contributed by atoms with Gasteiger partial charge in [-0.3, -0.25) is 0 Å². The summed E-state index contributed by atoms with van der Waals surface area (Å²) in [6, 6.07) is 0. The van der Waals surface area contributed by atoms with E-state index in [0.717, 1.165) is 0 Å². The molecule has 1 aliphatic rings. The number of aliphatic hydroxyl groups is 2. The first-order chi connectivity index (χ1) is 5.22. The van der Waals surface area contributed by atoms with E-state index in [9.17, 15) is 4.53 Å². The maximum absolute atomic E-state index is 11.3. The molecule has 0 aromatic carbocycles. The lowest BCUT2D eigenvalue weighted by atomic mass is 10.1. The molecule has 66 valence electrons. The lowest BCUT2D eigenvalue weighted by Gasteiger charge is -2.28. The largest absolute Gasteiger partial charge is 0.393 e. The van der Waals surface area contributed by atoms with E-state index in [1.807, 2.05) is 0 Å². The zero-order valence-electron chi connectivity index (χ0n) is 5.94. The van der Waals surface area contributed by atoms with Crippen molar-refractivity contribution >= 4 is 0 Å². The Morgan fingerprint density at radius 2 is 2.18 bits per heavy atom. The van der Waals surface area contributed by atoms with Gasteiger partial charge >= 0.3 is 0 Å². The molecule has 0 aliphatic carbocycles. The second kappa shape index (κ2) is 3.96. The van der Waals surface area contributed by atoms with Gasteiger partial charge in [-0.15, -0.1) is 0 Å². The highest BCUT2D eigenvalue weighted by atomic mass is 19.3. The first-order valence-corrected chi connectivity index (χ1v) is 3.47. The van der Waals surface area contributed by atoms with Gasteiger partial charge in [0.05, 0.1) is 12.2 Å². The van der Waals surface area contributed by atoms with Gasteiger partial charge in [-0.25, -0.2) is 0 Å². The number of hydrogen-bond donors (Lipinski definition) is 2. The molecule has 0 aromatic heterocycles. The fraction of sp³-hybridized carbons (Fsp3) is 1.00. The molecule has 0 amide bonds. The van der Waals surface area contributed by atoms with Gasteiger partial charge in [0, 0.05) is 12.8 Å². The summed E-state index contributed by atoms with van der Waals surface area (Å²) in [6.45, 7) is -0.242. The fourth-order valence-corrected chi connectivity index (χ4v) is 1.14. The number of halogens is 1. The Balaban J connectivity index is 2.30. The molecule has 3 atom stereocenters. The monoisotopic (exact) mass is 166 g/mol. The summed E-state index contributed by atoms with van der Waals surface area (Å²) < 4.78 is 16.1. The summed E-state index contributed by atoms with van der Waals surface area (Å²) in [6.07, 6.45) is -1.68. The van der Waals surface area contributed by atoms with Gasteiger partial charge in [0.15, 0.2) is 6.29 Å². The predicted molar refractivity (Wildman–Crippen MR) is 33.2 cm³/mol. The van der Waals surface area contributed by atoms with E-state index in [0.29, 0.717) is 6.42 Å². The van der Waals surface area contributed by atoms with E-state index < -0.39 is 18.5 Å². The average Bonchev–Trinajstić information content (AvgIpc) is 1.85. The highest BCUT2D eigenvalue weighted by molar-refractivity contribution is 4.71. The Bertz CT molecular complexity index is 111. The summed E-state index contributed by atoms with van der Waals surface area (Å²) in [7, 11) is 0. The molecule has 0 unspecified atom stereocenters. The van der Waals surface area contributed by atoms with Crippen LogP contribution in [-0.2, 0) is 9.68 Å². The summed E-state index contributed by atoms with van der Waals surface area (Å²) in [5.41, 5.74) is 0. The minimum Gasteiger partial charge on any atom is -0.393 e. The zero-order valence-corrected chi connectivity index (χ0v) is 5.94.